The van der Waals surface area contributed by atoms with Crippen molar-refractivity contribution in [3.63, 3.8) is 0 Å². The largest absolute Gasteiger partial charge is 0.332 e. The number of aromatic nitrogens is 5. The number of hydrogen-bond donors (Lipinski definition) is 1. The number of primary sulfonamides is 1. The van der Waals surface area contributed by atoms with E-state index in [2.05, 4.69) is 4.98 Å². The smallest absolute Gasteiger partial charge is 0.283 e. The van der Waals surface area contributed by atoms with Gasteiger partial charge in [0.05, 0.1) is 4.90 Å². The average Bonchev–Trinajstić information content (AvgIpc) is 3.22. The van der Waals surface area contributed by atoms with Crippen LogP contribution in [0.25, 0.3) is 22.6 Å². The van der Waals surface area contributed by atoms with Crippen LogP contribution < -0.4 is 16.4 Å². The van der Waals surface area contributed by atoms with Gasteiger partial charge in [0, 0.05) is 30.7 Å². The Morgan fingerprint density at radius 3 is 2.32 bits per heavy atom. The molecule has 11 heteroatoms. The van der Waals surface area contributed by atoms with Gasteiger partial charge < -0.3 is 0 Å². The number of fused-ring (bicyclic) bond motifs is 3. The lowest BCUT2D eigenvalue weighted by atomic mass is 10.3. The van der Waals surface area contributed by atoms with E-state index in [1.54, 1.807) is 35.7 Å². The molecular formula is C20H22N6O4S. The van der Waals surface area contributed by atoms with Crippen LogP contribution in [0.1, 0.15) is 18.3 Å². The molecule has 0 radical (unpaired) electrons. The normalized spacial score (nSPS) is 12.5. The molecular weight excluding hydrogens is 420 g/mol. The van der Waals surface area contributed by atoms with Crippen LogP contribution in [0.4, 0.5) is 0 Å². The Bertz CT molecular complexity index is 1600. The summed E-state index contributed by atoms with van der Waals surface area (Å²) in [6, 6.07) is 6.07. The van der Waals surface area contributed by atoms with Crippen molar-refractivity contribution in [3.8, 4) is 5.69 Å². The number of allylic oxidation sites excluding steroid dienone is 2. The Balaban J connectivity index is 2.09. The molecule has 0 fully saturated rings. The second-order valence-electron chi connectivity index (χ2n) is 7.29. The second-order valence-corrected chi connectivity index (χ2v) is 8.85. The third-order valence-electron chi connectivity index (χ3n) is 5.47. The fourth-order valence-electron chi connectivity index (χ4n) is 3.72. The summed E-state index contributed by atoms with van der Waals surface area (Å²) >= 11 is 0. The quantitative estimate of drug-likeness (QED) is 0.472. The highest BCUT2D eigenvalue weighted by atomic mass is 32.2. The maximum absolute atomic E-state index is 13.2. The Hall–Kier alpha value is -3.44. The molecule has 4 rings (SSSR count). The zero-order chi connectivity index (χ0) is 22.7. The highest BCUT2D eigenvalue weighted by Gasteiger charge is 2.23. The van der Waals surface area contributed by atoms with Crippen molar-refractivity contribution in [1.82, 2.24) is 23.1 Å². The molecule has 0 unspecified atom stereocenters. The lowest BCUT2D eigenvalue weighted by Crippen LogP contribution is -2.39. The Labute approximate surface area is 177 Å². The van der Waals surface area contributed by atoms with Crippen LogP contribution in [0.2, 0.25) is 0 Å². The maximum Gasteiger partial charge on any atom is 0.332 e. The summed E-state index contributed by atoms with van der Waals surface area (Å²) in [5.41, 5.74) is 1.96. The third-order valence-corrected chi connectivity index (χ3v) is 6.40. The molecule has 0 spiro atoms. The number of benzene rings is 1. The van der Waals surface area contributed by atoms with Gasteiger partial charge in [0.1, 0.15) is 0 Å². The number of imidazole rings is 2. The van der Waals surface area contributed by atoms with E-state index in [-0.39, 0.29) is 17.1 Å². The molecule has 0 bridgehead atoms. The number of sulfonamides is 1. The molecule has 0 aliphatic rings. The molecule has 0 amide bonds. The molecule has 31 heavy (non-hydrogen) atoms. The maximum atomic E-state index is 13.2. The molecule has 0 saturated heterocycles. The summed E-state index contributed by atoms with van der Waals surface area (Å²) in [5.74, 6) is 0.448. The van der Waals surface area contributed by atoms with Crippen molar-refractivity contribution in [1.29, 1.82) is 0 Å². The Kier molecular flexibility index (Phi) is 4.74. The van der Waals surface area contributed by atoms with Crippen LogP contribution in [0.3, 0.4) is 0 Å². The fourth-order valence-corrected chi connectivity index (χ4v) is 4.23. The number of aryl methyl sites for hydroxylation is 2. The molecule has 1 aromatic carbocycles. The minimum absolute atomic E-state index is 0.00318. The van der Waals surface area contributed by atoms with Gasteiger partial charge in [0.2, 0.25) is 15.8 Å². The first-order chi connectivity index (χ1) is 14.6. The first kappa shape index (κ1) is 20.8. The molecule has 4 aromatic rings. The van der Waals surface area contributed by atoms with E-state index in [9.17, 15) is 18.0 Å². The molecule has 2 N–H and O–H groups in total. The SMILES string of the molecule is C/C=C/Cn1c(=O)c2c(nc3n(-c4ccc(S(N)(=O)=O)cc4)c(C)c(C)n23)n(C)c1=O. The van der Waals surface area contributed by atoms with Crippen LogP contribution in [-0.4, -0.2) is 31.5 Å². The van der Waals surface area contributed by atoms with Gasteiger partial charge in [-0.2, -0.15) is 4.98 Å². The van der Waals surface area contributed by atoms with Gasteiger partial charge in [-0.1, -0.05) is 12.2 Å². The number of nitrogens with zero attached hydrogens (tertiary/aromatic N) is 5. The highest BCUT2D eigenvalue weighted by molar-refractivity contribution is 7.89. The van der Waals surface area contributed by atoms with Crippen molar-refractivity contribution in [2.24, 2.45) is 12.2 Å². The van der Waals surface area contributed by atoms with E-state index in [0.717, 1.165) is 11.4 Å². The summed E-state index contributed by atoms with van der Waals surface area (Å²) in [4.78, 5) is 30.5. The van der Waals surface area contributed by atoms with Crippen molar-refractivity contribution in [2.45, 2.75) is 32.2 Å². The zero-order valence-corrected chi connectivity index (χ0v) is 18.3. The first-order valence-electron chi connectivity index (χ1n) is 9.52. The topological polar surface area (TPSA) is 126 Å². The van der Waals surface area contributed by atoms with Crippen molar-refractivity contribution in [2.75, 3.05) is 0 Å². The molecule has 3 aromatic heterocycles. The number of rotatable bonds is 4. The standard InChI is InChI=1S/C20H22N6O4S/c1-5-6-11-24-18(27)16-17(23(4)20(24)28)22-19-25(12(2)13(3)26(16)19)14-7-9-15(10-8-14)31(21,29)30/h5-10H,11H2,1-4H3,(H2,21,29,30)/b6-5+. The zero-order valence-electron chi connectivity index (χ0n) is 17.5. The predicted octanol–water partition coefficient (Wildman–Crippen LogP) is 0.979. The van der Waals surface area contributed by atoms with Gasteiger partial charge in [-0.25, -0.2) is 18.4 Å². The molecule has 0 atom stereocenters. The van der Waals surface area contributed by atoms with E-state index in [4.69, 9.17) is 5.14 Å². The van der Waals surface area contributed by atoms with E-state index >= 15 is 0 Å². The minimum atomic E-state index is -3.82. The minimum Gasteiger partial charge on any atom is -0.283 e. The van der Waals surface area contributed by atoms with E-state index in [1.807, 2.05) is 25.3 Å². The number of nitrogens with two attached hydrogens (primary N) is 1. The molecule has 0 aliphatic carbocycles. The fraction of sp³-hybridized carbons (Fsp3) is 0.250. The van der Waals surface area contributed by atoms with Crippen LogP contribution >= 0.6 is 0 Å². The van der Waals surface area contributed by atoms with Gasteiger partial charge >= 0.3 is 5.69 Å². The summed E-state index contributed by atoms with van der Waals surface area (Å²) in [7, 11) is -2.24. The first-order valence-corrected chi connectivity index (χ1v) is 11.1. The third kappa shape index (κ3) is 3.04. The van der Waals surface area contributed by atoms with Crippen molar-refractivity contribution in [3.05, 3.63) is 68.6 Å². The molecule has 162 valence electrons. The Morgan fingerprint density at radius 1 is 1.10 bits per heavy atom. The van der Waals surface area contributed by atoms with Gasteiger partial charge in [-0.05, 0) is 45.0 Å². The van der Waals surface area contributed by atoms with E-state index < -0.39 is 21.3 Å². The average molecular weight is 443 g/mol. The summed E-state index contributed by atoms with van der Waals surface area (Å²) in [6.45, 7) is 5.72. The lowest BCUT2D eigenvalue weighted by molar-refractivity contribution is 0.598. The monoisotopic (exact) mass is 442 g/mol. The van der Waals surface area contributed by atoms with Crippen LogP contribution in [0, 0.1) is 13.8 Å². The van der Waals surface area contributed by atoms with Crippen molar-refractivity contribution >= 4 is 27.0 Å². The molecule has 0 saturated carbocycles. The van der Waals surface area contributed by atoms with Gasteiger partial charge in [0.25, 0.3) is 5.56 Å². The highest BCUT2D eigenvalue weighted by Crippen LogP contribution is 2.25. The predicted molar refractivity (Wildman–Crippen MR) is 117 cm³/mol. The number of hydrogen-bond acceptors (Lipinski definition) is 5. The van der Waals surface area contributed by atoms with Gasteiger partial charge in [0.15, 0.2) is 11.2 Å². The Morgan fingerprint density at radius 2 is 1.74 bits per heavy atom. The lowest BCUT2D eigenvalue weighted by Gasteiger charge is -2.08. The summed E-state index contributed by atoms with van der Waals surface area (Å²) < 4.78 is 29.2. The van der Waals surface area contributed by atoms with Gasteiger partial charge in [-0.3, -0.25) is 22.9 Å². The van der Waals surface area contributed by atoms with E-state index in [0.29, 0.717) is 17.0 Å². The second kappa shape index (κ2) is 7.06. The summed E-state index contributed by atoms with van der Waals surface area (Å²) in [5, 5.41) is 5.19. The summed E-state index contributed by atoms with van der Waals surface area (Å²) in [6.07, 6.45) is 3.52. The van der Waals surface area contributed by atoms with Crippen molar-refractivity contribution < 1.29 is 8.42 Å². The van der Waals surface area contributed by atoms with E-state index in [1.165, 1.54) is 21.3 Å². The molecule has 10 nitrogen and oxygen atoms in total. The van der Waals surface area contributed by atoms with Gasteiger partial charge in [-0.15, -0.1) is 0 Å². The van der Waals surface area contributed by atoms with Crippen LogP contribution in [0.5, 0.6) is 0 Å². The molecule has 0 aliphatic heterocycles. The molecule has 3 heterocycles. The van der Waals surface area contributed by atoms with Crippen LogP contribution in [0.15, 0.2) is 50.9 Å². The van der Waals surface area contributed by atoms with Crippen LogP contribution in [-0.2, 0) is 23.6 Å².